The largest absolute Gasteiger partial charge is 0.455 e. The minimum Gasteiger partial charge on any atom is -0.455 e. The van der Waals surface area contributed by atoms with Gasteiger partial charge in [-0.05, 0) is 46.0 Å². The maximum absolute atomic E-state index is 6.67. The molecular formula is C45H29N3O. The van der Waals surface area contributed by atoms with Crippen molar-refractivity contribution in [2.75, 3.05) is 0 Å². The number of benzene rings is 7. The summed E-state index contributed by atoms with van der Waals surface area (Å²) < 4.78 is 6.67. The van der Waals surface area contributed by atoms with Gasteiger partial charge in [0.25, 0.3) is 0 Å². The molecule has 0 amide bonds. The van der Waals surface area contributed by atoms with Gasteiger partial charge in [-0.2, -0.15) is 0 Å². The number of rotatable bonds is 6. The van der Waals surface area contributed by atoms with Crippen molar-refractivity contribution in [2.24, 2.45) is 0 Å². The molecule has 9 rings (SSSR count). The molecule has 0 radical (unpaired) electrons. The molecule has 4 nitrogen and oxygen atoms in total. The monoisotopic (exact) mass is 627 g/mol. The van der Waals surface area contributed by atoms with Crippen LogP contribution in [0.3, 0.4) is 0 Å². The Bertz CT molecular complexity index is 2500. The molecule has 4 heteroatoms. The van der Waals surface area contributed by atoms with Crippen LogP contribution in [0, 0.1) is 0 Å². The lowest BCUT2D eigenvalue weighted by atomic mass is 9.93. The molecule has 0 atom stereocenters. The fourth-order valence-corrected chi connectivity index (χ4v) is 6.53. The van der Waals surface area contributed by atoms with Crippen LogP contribution < -0.4 is 0 Å². The van der Waals surface area contributed by atoms with E-state index >= 15 is 0 Å². The molecule has 7 aromatic carbocycles. The number of hydrogen-bond acceptors (Lipinski definition) is 4. The Morgan fingerprint density at radius 3 is 1.33 bits per heavy atom. The third-order valence-electron chi connectivity index (χ3n) is 8.94. The van der Waals surface area contributed by atoms with Gasteiger partial charge in [-0.25, -0.2) is 15.0 Å². The van der Waals surface area contributed by atoms with Crippen LogP contribution >= 0.6 is 0 Å². The molecule has 0 unspecified atom stereocenters. The summed E-state index contributed by atoms with van der Waals surface area (Å²) in [6.07, 6.45) is 0. The van der Waals surface area contributed by atoms with Gasteiger partial charge in [0.15, 0.2) is 17.5 Å². The van der Waals surface area contributed by atoms with E-state index in [1.54, 1.807) is 0 Å². The highest BCUT2D eigenvalue weighted by atomic mass is 16.3. The third kappa shape index (κ3) is 5.35. The van der Waals surface area contributed by atoms with E-state index in [4.69, 9.17) is 19.4 Å². The highest BCUT2D eigenvalue weighted by Crippen LogP contribution is 2.43. The van der Waals surface area contributed by atoms with Crippen LogP contribution in [0.15, 0.2) is 180 Å². The second-order valence-corrected chi connectivity index (χ2v) is 12.0. The normalized spacial score (nSPS) is 11.3. The zero-order valence-corrected chi connectivity index (χ0v) is 26.5. The van der Waals surface area contributed by atoms with Gasteiger partial charge in [0, 0.05) is 33.0 Å². The molecule has 0 bridgehead atoms. The van der Waals surface area contributed by atoms with E-state index in [1.807, 2.05) is 66.7 Å². The molecule has 0 fully saturated rings. The molecule has 0 aliphatic heterocycles. The maximum atomic E-state index is 6.67. The Morgan fingerprint density at radius 2 is 0.776 bits per heavy atom. The van der Waals surface area contributed by atoms with Crippen molar-refractivity contribution < 1.29 is 4.42 Å². The number of fused-ring (bicyclic) bond motifs is 3. The molecule has 230 valence electrons. The standard InChI is InChI=1S/C45H29N3O/c1-5-14-30(15-6-1)36-28-38(31-16-7-2-8-17-31)42-39(29-36)41-37(22-13-23-40(41)49-42)32-24-26-35(27-25-32)45-47-43(33-18-9-3-10-19-33)46-44(48-45)34-20-11-4-12-21-34/h1-29H. The Labute approximate surface area is 284 Å². The predicted molar refractivity (Wildman–Crippen MR) is 200 cm³/mol. The van der Waals surface area contributed by atoms with Crippen LogP contribution in [0.25, 0.3) is 89.5 Å². The number of furan rings is 1. The van der Waals surface area contributed by atoms with E-state index in [0.717, 1.165) is 66.4 Å². The van der Waals surface area contributed by atoms with Crippen LogP contribution in [0.5, 0.6) is 0 Å². The van der Waals surface area contributed by atoms with Gasteiger partial charge in [-0.15, -0.1) is 0 Å². The average Bonchev–Trinajstić information content (AvgIpc) is 3.58. The van der Waals surface area contributed by atoms with Crippen LogP contribution in [0.1, 0.15) is 0 Å². The van der Waals surface area contributed by atoms with Crippen LogP contribution in [-0.4, -0.2) is 15.0 Å². The lowest BCUT2D eigenvalue weighted by Gasteiger charge is -2.10. The van der Waals surface area contributed by atoms with E-state index in [-0.39, 0.29) is 0 Å². The molecule has 0 aliphatic carbocycles. The van der Waals surface area contributed by atoms with E-state index in [0.29, 0.717) is 17.5 Å². The van der Waals surface area contributed by atoms with Crippen LogP contribution in [-0.2, 0) is 0 Å². The van der Waals surface area contributed by atoms with Crippen molar-refractivity contribution in [3.8, 4) is 67.5 Å². The van der Waals surface area contributed by atoms with Crippen molar-refractivity contribution in [1.29, 1.82) is 0 Å². The fraction of sp³-hybridized carbons (Fsp3) is 0. The molecule has 0 aliphatic rings. The molecule has 49 heavy (non-hydrogen) atoms. The van der Waals surface area contributed by atoms with Gasteiger partial charge < -0.3 is 4.42 Å². The number of aromatic nitrogens is 3. The van der Waals surface area contributed by atoms with E-state index < -0.39 is 0 Å². The van der Waals surface area contributed by atoms with Gasteiger partial charge >= 0.3 is 0 Å². The highest BCUT2D eigenvalue weighted by molar-refractivity contribution is 6.16. The summed E-state index contributed by atoms with van der Waals surface area (Å²) in [6, 6.07) is 60.4. The second-order valence-electron chi connectivity index (χ2n) is 12.0. The van der Waals surface area contributed by atoms with Gasteiger partial charge in [-0.1, -0.05) is 158 Å². The topological polar surface area (TPSA) is 51.8 Å². The number of hydrogen-bond donors (Lipinski definition) is 0. The van der Waals surface area contributed by atoms with E-state index in [9.17, 15) is 0 Å². The Balaban J connectivity index is 1.19. The van der Waals surface area contributed by atoms with Crippen molar-refractivity contribution in [3.05, 3.63) is 176 Å². The molecule has 0 spiro atoms. The van der Waals surface area contributed by atoms with Crippen molar-refractivity contribution >= 4 is 21.9 Å². The second kappa shape index (κ2) is 12.2. The minimum atomic E-state index is 0.631. The molecule has 2 aromatic heterocycles. The first-order valence-corrected chi connectivity index (χ1v) is 16.4. The van der Waals surface area contributed by atoms with Crippen molar-refractivity contribution in [2.45, 2.75) is 0 Å². The molecule has 0 N–H and O–H groups in total. The summed E-state index contributed by atoms with van der Waals surface area (Å²) in [5, 5.41) is 2.19. The minimum absolute atomic E-state index is 0.631. The quantitative estimate of drug-likeness (QED) is 0.184. The lowest BCUT2D eigenvalue weighted by molar-refractivity contribution is 0.670. The first-order valence-electron chi connectivity index (χ1n) is 16.4. The van der Waals surface area contributed by atoms with Crippen molar-refractivity contribution in [3.63, 3.8) is 0 Å². The molecular weight excluding hydrogens is 599 g/mol. The van der Waals surface area contributed by atoms with Gasteiger partial charge in [-0.3, -0.25) is 0 Å². The zero-order chi connectivity index (χ0) is 32.6. The molecule has 2 heterocycles. The van der Waals surface area contributed by atoms with Gasteiger partial charge in [0.2, 0.25) is 0 Å². The summed E-state index contributed by atoms with van der Waals surface area (Å²) in [5.41, 5.74) is 11.3. The highest BCUT2D eigenvalue weighted by Gasteiger charge is 2.19. The Kier molecular flexibility index (Phi) is 7.10. The summed E-state index contributed by atoms with van der Waals surface area (Å²) >= 11 is 0. The molecule has 9 aromatic rings. The summed E-state index contributed by atoms with van der Waals surface area (Å²) in [4.78, 5) is 14.7. The Morgan fingerprint density at radius 1 is 0.327 bits per heavy atom. The fourth-order valence-electron chi connectivity index (χ4n) is 6.53. The summed E-state index contributed by atoms with van der Waals surface area (Å²) in [6.45, 7) is 0. The smallest absolute Gasteiger partial charge is 0.164 e. The average molecular weight is 628 g/mol. The van der Waals surface area contributed by atoms with Crippen LogP contribution in [0.4, 0.5) is 0 Å². The first kappa shape index (κ1) is 28.6. The first-order chi connectivity index (χ1) is 24.3. The number of nitrogens with zero attached hydrogens (tertiary/aromatic N) is 3. The van der Waals surface area contributed by atoms with Gasteiger partial charge in [0.05, 0.1) is 0 Å². The molecule has 0 saturated heterocycles. The third-order valence-corrected chi connectivity index (χ3v) is 8.94. The summed E-state index contributed by atoms with van der Waals surface area (Å²) in [5.74, 6) is 1.92. The van der Waals surface area contributed by atoms with Gasteiger partial charge in [0.1, 0.15) is 11.2 Å². The van der Waals surface area contributed by atoms with E-state index in [1.165, 1.54) is 5.56 Å². The zero-order valence-electron chi connectivity index (χ0n) is 26.5. The van der Waals surface area contributed by atoms with Crippen LogP contribution in [0.2, 0.25) is 0 Å². The summed E-state index contributed by atoms with van der Waals surface area (Å²) in [7, 11) is 0. The Hall–Kier alpha value is -6.65. The maximum Gasteiger partial charge on any atom is 0.164 e. The van der Waals surface area contributed by atoms with Crippen molar-refractivity contribution in [1.82, 2.24) is 15.0 Å². The molecule has 0 saturated carbocycles. The van der Waals surface area contributed by atoms with E-state index in [2.05, 4.69) is 109 Å². The lowest BCUT2D eigenvalue weighted by Crippen LogP contribution is -2.00. The SMILES string of the molecule is c1ccc(-c2cc(-c3ccccc3)c3oc4cccc(-c5ccc(-c6nc(-c7ccccc7)nc(-c7ccccc7)n6)cc5)c4c3c2)cc1. The predicted octanol–water partition coefficient (Wildman–Crippen LogP) is 11.8.